The van der Waals surface area contributed by atoms with E-state index < -0.39 is 0 Å². The van der Waals surface area contributed by atoms with E-state index in [4.69, 9.17) is 11.6 Å². The molecule has 0 aliphatic rings. The number of carbonyl (C=O) groups excluding carboxylic acids is 1. The summed E-state index contributed by atoms with van der Waals surface area (Å²) in [6.45, 7) is 2.21. The molecule has 94 valence electrons. The molecule has 0 unspecified atom stereocenters. The van der Waals surface area contributed by atoms with Crippen LogP contribution in [0, 0.1) is 12.7 Å². The van der Waals surface area contributed by atoms with Gasteiger partial charge in [-0.15, -0.1) is 0 Å². The molecule has 0 aliphatic carbocycles. The van der Waals surface area contributed by atoms with Crippen molar-refractivity contribution in [2.75, 3.05) is 20.6 Å². The highest BCUT2D eigenvalue weighted by atomic mass is 35.5. The van der Waals surface area contributed by atoms with Gasteiger partial charge in [-0.3, -0.25) is 4.79 Å². The molecule has 1 N–H and O–H groups in total. The summed E-state index contributed by atoms with van der Waals surface area (Å²) in [5.74, 6) is -0.372. The first-order valence-corrected chi connectivity index (χ1v) is 5.66. The average molecular weight is 259 g/mol. The molecule has 1 amide bonds. The molecule has 1 aromatic carbocycles. The maximum atomic E-state index is 13.4. The molecule has 17 heavy (non-hydrogen) atoms. The highest BCUT2D eigenvalue weighted by Gasteiger charge is 2.12. The predicted octanol–water partition coefficient (Wildman–Crippen LogP) is 1.97. The Morgan fingerprint density at radius 1 is 1.53 bits per heavy atom. The van der Waals surface area contributed by atoms with E-state index in [0.29, 0.717) is 22.7 Å². The Morgan fingerprint density at radius 2 is 2.18 bits per heavy atom. The number of aryl methyl sites for hydroxylation is 1. The molecular weight excluding hydrogens is 243 g/mol. The molecule has 1 aromatic rings. The van der Waals surface area contributed by atoms with Crippen molar-refractivity contribution in [2.45, 2.75) is 13.5 Å². The number of carbonyl (C=O) groups is 1. The fourth-order valence-electron chi connectivity index (χ4n) is 1.44. The fraction of sp³-hybridized carbons (Fsp3) is 0.417. The summed E-state index contributed by atoms with van der Waals surface area (Å²) >= 11 is 6.01. The molecule has 0 atom stereocenters. The number of hydrogen-bond acceptors (Lipinski definition) is 2. The number of hydrogen-bond donors (Lipinski definition) is 1. The maximum absolute atomic E-state index is 13.4. The van der Waals surface area contributed by atoms with Gasteiger partial charge in [-0.25, -0.2) is 4.39 Å². The molecule has 0 radical (unpaired) electrons. The first kappa shape index (κ1) is 13.9. The van der Waals surface area contributed by atoms with Crippen molar-refractivity contribution in [1.29, 1.82) is 0 Å². The lowest BCUT2D eigenvalue weighted by Gasteiger charge is -2.18. The smallest absolute Gasteiger partial charge is 0.236 e. The van der Waals surface area contributed by atoms with Gasteiger partial charge in [0.2, 0.25) is 5.91 Å². The van der Waals surface area contributed by atoms with Crippen LogP contribution in [0.5, 0.6) is 0 Å². The van der Waals surface area contributed by atoms with Crippen molar-refractivity contribution < 1.29 is 9.18 Å². The van der Waals surface area contributed by atoms with Crippen molar-refractivity contribution >= 4 is 17.5 Å². The van der Waals surface area contributed by atoms with Gasteiger partial charge in [-0.1, -0.05) is 11.6 Å². The van der Waals surface area contributed by atoms with Crippen molar-refractivity contribution in [1.82, 2.24) is 10.2 Å². The summed E-state index contributed by atoms with van der Waals surface area (Å²) < 4.78 is 13.4. The minimum absolute atomic E-state index is 0.0652. The number of nitrogens with one attached hydrogen (secondary N) is 1. The largest absolute Gasteiger partial charge is 0.340 e. The third-order valence-electron chi connectivity index (χ3n) is 2.49. The van der Waals surface area contributed by atoms with E-state index in [0.717, 1.165) is 0 Å². The highest BCUT2D eigenvalue weighted by Crippen LogP contribution is 2.21. The van der Waals surface area contributed by atoms with Gasteiger partial charge in [0.15, 0.2) is 0 Å². The average Bonchev–Trinajstić information content (AvgIpc) is 2.26. The molecule has 0 fully saturated rings. The van der Waals surface area contributed by atoms with Crippen molar-refractivity contribution in [3.05, 3.63) is 34.1 Å². The summed E-state index contributed by atoms with van der Waals surface area (Å²) in [5, 5.41) is 3.25. The van der Waals surface area contributed by atoms with Crippen molar-refractivity contribution in [2.24, 2.45) is 0 Å². The standard InChI is InChI=1S/C12H16ClFN2O/c1-8-4-10(13)9(5-11(8)14)7-16(3)12(17)6-15-2/h4-5,15H,6-7H2,1-3H3. The Morgan fingerprint density at radius 3 is 2.76 bits per heavy atom. The summed E-state index contributed by atoms with van der Waals surface area (Å²) in [4.78, 5) is 13.0. The highest BCUT2D eigenvalue weighted by molar-refractivity contribution is 6.31. The van der Waals surface area contributed by atoms with Crippen LogP contribution in [0.4, 0.5) is 4.39 Å². The second kappa shape index (κ2) is 5.98. The molecule has 5 heteroatoms. The zero-order valence-corrected chi connectivity index (χ0v) is 10.9. The summed E-state index contributed by atoms with van der Waals surface area (Å²) in [6, 6.07) is 2.95. The third kappa shape index (κ3) is 3.68. The zero-order valence-electron chi connectivity index (χ0n) is 10.2. The normalized spacial score (nSPS) is 10.4. The summed E-state index contributed by atoms with van der Waals surface area (Å²) in [5.41, 5.74) is 1.12. The Kier molecular flexibility index (Phi) is 4.90. The molecular formula is C12H16ClFN2O. The van der Waals surface area contributed by atoms with E-state index in [1.807, 2.05) is 0 Å². The first-order valence-electron chi connectivity index (χ1n) is 5.28. The number of rotatable bonds is 4. The van der Waals surface area contributed by atoms with E-state index in [2.05, 4.69) is 5.32 Å². The van der Waals surface area contributed by atoms with Gasteiger partial charge < -0.3 is 10.2 Å². The molecule has 0 saturated carbocycles. The van der Waals surface area contributed by atoms with Crippen molar-refractivity contribution in [3.8, 4) is 0 Å². The zero-order chi connectivity index (χ0) is 13.0. The van der Waals surface area contributed by atoms with Gasteiger partial charge in [0.05, 0.1) is 6.54 Å². The topological polar surface area (TPSA) is 32.3 Å². The van der Waals surface area contributed by atoms with E-state index >= 15 is 0 Å². The number of benzene rings is 1. The van der Waals surface area contributed by atoms with E-state index in [1.165, 1.54) is 11.0 Å². The van der Waals surface area contributed by atoms with Crippen LogP contribution in [0.25, 0.3) is 0 Å². The lowest BCUT2D eigenvalue weighted by molar-refractivity contribution is -0.129. The van der Waals surface area contributed by atoms with E-state index in [1.54, 1.807) is 27.1 Å². The van der Waals surface area contributed by atoms with Crippen LogP contribution in [0.1, 0.15) is 11.1 Å². The Bertz CT molecular complexity index is 423. The van der Waals surface area contributed by atoms with Crippen LogP contribution in [0.15, 0.2) is 12.1 Å². The molecule has 0 heterocycles. The fourth-order valence-corrected chi connectivity index (χ4v) is 1.72. The number of likely N-dealkylation sites (N-methyl/N-ethyl adjacent to an activating group) is 2. The quantitative estimate of drug-likeness (QED) is 0.896. The monoisotopic (exact) mass is 258 g/mol. The van der Waals surface area contributed by atoms with E-state index in [-0.39, 0.29) is 18.3 Å². The van der Waals surface area contributed by atoms with Gasteiger partial charge in [0.1, 0.15) is 5.82 Å². The van der Waals surface area contributed by atoms with Crippen LogP contribution >= 0.6 is 11.6 Å². The SMILES string of the molecule is CNCC(=O)N(C)Cc1cc(F)c(C)cc1Cl. The van der Waals surface area contributed by atoms with Gasteiger partial charge >= 0.3 is 0 Å². The van der Waals surface area contributed by atoms with Gasteiger partial charge in [0, 0.05) is 18.6 Å². The van der Waals surface area contributed by atoms with Gasteiger partial charge in [-0.05, 0) is 37.2 Å². The van der Waals surface area contributed by atoms with Crippen LogP contribution in [0.3, 0.4) is 0 Å². The number of nitrogens with zero attached hydrogens (tertiary/aromatic N) is 1. The second-order valence-corrected chi connectivity index (χ2v) is 4.38. The number of halogens is 2. The predicted molar refractivity (Wildman–Crippen MR) is 66.5 cm³/mol. The first-order chi connectivity index (χ1) is 7.95. The molecule has 0 aliphatic heterocycles. The van der Waals surface area contributed by atoms with Crippen LogP contribution in [-0.4, -0.2) is 31.4 Å². The molecule has 0 spiro atoms. The minimum atomic E-state index is -0.307. The minimum Gasteiger partial charge on any atom is -0.340 e. The maximum Gasteiger partial charge on any atom is 0.236 e. The summed E-state index contributed by atoms with van der Waals surface area (Å²) in [7, 11) is 3.36. The van der Waals surface area contributed by atoms with Crippen LogP contribution in [-0.2, 0) is 11.3 Å². The molecule has 0 aromatic heterocycles. The Hall–Kier alpha value is -1.13. The van der Waals surface area contributed by atoms with Crippen LogP contribution < -0.4 is 5.32 Å². The molecule has 1 rings (SSSR count). The lowest BCUT2D eigenvalue weighted by Crippen LogP contribution is -2.33. The Labute approximate surface area is 106 Å². The molecule has 0 saturated heterocycles. The van der Waals surface area contributed by atoms with E-state index in [9.17, 15) is 9.18 Å². The second-order valence-electron chi connectivity index (χ2n) is 3.97. The van der Waals surface area contributed by atoms with Crippen molar-refractivity contribution in [3.63, 3.8) is 0 Å². The lowest BCUT2D eigenvalue weighted by atomic mass is 10.1. The third-order valence-corrected chi connectivity index (χ3v) is 2.84. The summed E-state index contributed by atoms with van der Waals surface area (Å²) in [6.07, 6.45) is 0. The van der Waals surface area contributed by atoms with Gasteiger partial charge in [-0.2, -0.15) is 0 Å². The Balaban J connectivity index is 2.81. The van der Waals surface area contributed by atoms with Gasteiger partial charge in [0.25, 0.3) is 0 Å². The molecule has 3 nitrogen and oxygen atoms in total. The number of amides is 1. The van der Waals surface area contributed by atoms with Crippen LogP contribution in [0.2, 0.25) is 5.02 Å². The molecule has 0 bridgehead atoms.